The highest BCUT2D eigenvalue weighted by atomic mass is 19.3. The number of aliphatic hydroxyl groups is 1. The van der Waals surface area contributed by atoms with Crippen molar-refractivity contribution >= 4 is 11.7 Å². The number of nitrogen functional groups attached to an aromatic ring is 1. The summed E-state index contributed by atoms with van der Waals surface area (Å²) in [4.78, 5) is 16.8. The lowest BCUT2D eigenvalue weighted by atomic mass is 9.99. The quantitative estimate of drug-likeness (QED) is 0.249. The number of nitrogens with zero attached hydrogens (tertiary/aromatic N) is 3. The number of hydrogen-bond acceptors (Lipinski definition) is 5. The summed E-state index contributed by atoms with van der Waals surface area (Å²) in [6, 6.07) is 6.18. The molecule has 204 valence electrons. The van der Waals surface area contributed by atoms with Gasteiger partial charge in [-0.25, -0.2) is 27.2 Å². The normalized spacial score (nSPS) is 12.3. The topological polar surface area (TPSA) is 106 Å². The Morgan fingerprint density at radius 1 is 1.00 bits per heavy atom. The molecule has 1 atom stereocenters. The minimum Gasteiger partial charge on any atom is -0.394 e. The van der Waals surface area contributed by atoms with E-state index in [-0.39, 0.29) is 28.2 Å². The maximum Gasteiger partial charge on any atom is 0.333 e. The van der Waals surface area contributed by atoms with Crippen LogP contribution in [0.1, 0.15) is 46.2 Å². The number of hydrogen-bond donors (Lipinski definition) is 3. The Morgan fingerprint density at radius 2 is 1.72 bits per heavy atom. The van der Waals surface area contributed by atoms with Crippen LogP contribution in [0.25, 0.3) is 22.3 Å². The molecule has 1 amide bonds. The zero-order valence-corrected chi connectivity index (χ0v) is 20.2. The molecule has 0 bridgehead atoms. The van der Waals surface area contributed by atoms with Crippen molar-refractivity contribution in [3.05, 3.63) is 88.9 Å². The predicted octanol–water partition coefficient (Wildman–Crippen LogP) is 5.58. The second kappa shape index (κ2) is 11.2. The van der Waals surface area contributed by atoms with Crippen LogP contribution in [0.15, 0.2) is 54.9 Å². The van der Waals surface area contributed by atoms with Crippen molar-refractivity contribution in [2.75, 3.05) is 12.3 Å². The number of halogens is 6. The summed E-state index contributed by atoms with van der Waals surface area (Å²) in [5.41, 5.74) is 6.18. The highest BCUT2D eigenvalue weighted by molar-refractivity contribution is 5.95. The van der Waals surface area contributed by atoms with Crippen LogP contribution in [0, 0.1) is 18.6 Å². The van der Waals surface area contributed by atoms with Crippen molar-refractivity contribution < 1.29 is 36.2 Å². The van der Waals surface area contributed by atoms with Crippen molar-refractivity contribution in [2.45, 2.75) is 25.9 Å². The number of nitrogens with one attached hydrogen (secondary N) is 1. The Kier molecular flexibility index (Phi) is 7.90. The molecule has 7 nitrogen and oxygen atoms in total. The monoisotopic (exact) mass is 549 g/mol. The Bertz CT molecular complexity index is 1520. The van der Waals surface area contributed by atoms with Crippen LogP contribution in [0.5, 0.6) is 0 Å². The number of aliphatic hydroxyl groups excluding tert-OH is 1. The van der Waals surface area contributed by atoms with Gasteiger partial charge in [-0.3, -0.25) is 4.79 Å². The van der Waals surface area contributed by atoms with E-state index in [4.69, 9.17) is 5.73 Å². The Balaban J connectivity index is 1.61. The summed E-state index contributed by atoms with van der Waals surface area (Å²) in [5, 5.41) is 15.6. The van der Waals surface area contributed by atoms with Crippen LogP contribution >= 0.6 is 0 Å². The van der Waals surface area contributed by atoms with Gasteiger partial charge in [0.05, 0.1) is 24.4 Å². The first kappa shape index (κ1) is 27.6. The van der Waals surface area contributed by atoms with Gasteiger partial charge in [0.25, 0.3) is 12.3 Å². The summed E-state index contributed by atoms with van der Waals surface area (Å²) in [7, 11) is 0. The largest absolute Gasteiger partial charge is 0.394 e. The summed E-state index contributed by atoms with van der Waals surface area (Å²) >= 11 is 0. The van der Waals surface area contributed by atoms with Crippen molar-refractivity contribution in [3.63, 3.8) is 0 Å². The van der Waals surface area contributed by atoms with E-state index >= 15 is 4.39 Å². The van der Waals surface area contributed by atoms with Gasteiger partial charge in [0, 0.05) is 34.1 Å². The molecule has 4 rings (SSSR count). The number of amides is 1. The third-order valence-corrected chi connectivity index (χ3v) is 6.07. The fourth-order valence-corrected chi connectivity index (χ4v) is 4.06. The molecule has 2 aromatic carbocycles. The van der Waals surface area contributed by atoms with E-state index in [0.717, 1.165) is 24.3 Å². The summed E-state index contributed by atoms with van der Waals surface area (Å²) in [6.45, 7) is -2.16. The lowest BCUT2D eigenvalue weighted by Gasteiger charge is -2.18. The van der Waals surface area contributed by atoms with Gasteiger partial charge in [0.1, 0.15) is 17.5 Å². The molecule has 0 saturated heterocycles. The number of aromatic nitrogens is 3. The molecule has 0 aliphatic rings. The average Bonchev–Trinajstić information content (AvgIpc) is 3.28. The number of anilines is 1. The van der Waals surface area contributed by atoms with Crippen LogP contribution in [-0.2, 0) is 0 Å². The number of pyridine rings is 1. The molecule has 4 N–H and O–H groups in total. The molecule has 1 unspecified atom stereocenters. The number of nitrogens with two attached hydrogens (primary N) is 1. The van der Waals surface area contributed by atoms with Gasteiger partial charge in [0.15, 0.2) is 0 Å². The van der Waals surface area contributed by atoms with Gasteiger partial charge in [-0.15, -0.1) is 0 Å². The molecule has 0 spiro atoms. The van der Waals surface area contributed by atoms with Gasteiger partial charge in [-0.1, -0.05) is 6.07 Å². The van der Waals surface area contributed by atoms with Crippen molar-refractivity contribution in [1.29, 1.82) is 0 Å². The molecule has 0 saturated carbocycles. The molecule has 39 heavy (non-hydrogen) atoms. The fourth-order valence-electron chi connectivity index (χ4n) is 4.06. The predicted molar refractivity (Wildman–Crippen MR) is 130 cm³/mol. The molecule has 4 aromatic rings. The highest BCUT2D eigenvalue weighted by Gasteiger charge is 2.22. The lowest BCUT2D eigenvalue weighted by molar-refractivity contribution is 0.0545. The van der Waals surface area contributed by atoms with Gasteiger partial charge < -0.3 is 16.2 Å². The van der Waals surface area contributed by atoms with Crippen LogP contribution in [0.4, 0.5) is 32.2 Å². The minimum absolute atomic E-state index is 0.00976. The number of alkyl halides is 4. The first-order chi connectivity index (χ1) is 18.5. The van der Waals surface area contributed by atoms with Gasteiger partial charge in [-0.05, 0) is 54.4 Å². The van der Waals surface area contributed by atoms with E-state index < -0.39 is 54.3 Å². The van der Waals surface area contributed by atoms with Crippen LogP contribution in [0.2, 0.25) is 0 Å². The van der Waals surface area contributed by atoms with Gasteiger partial charge in [0.2, 0.25) is 0 Å². The second-order valence-electron chi connectivity index (χ2n) is 8.54. The van der Waals surface area contributed by atoms with Crippen LogP contribution in [0.3, 0.4) is 0 Å². The lowest BCUT2D eigenvalue weighted by Crippen LogP contribution is -2.31. The molecule has 0 aliphatic carbocycles. The fraction of sp³-hybridized carbons (Fsp3) is 0.192. The molecule has 2 aromatic heterocycles. The third-order valence-electron chi connectivity index (χ3n) is 6.07. The number of rotatable bonds is 8. The Hall–Kier alpha value is -4.39. The standard InChI is InChI=1S/C26H21F6N5O2/c1-12-20(10-35-37(12)26(31)32)16-7-19(24(33)34-9-16)13-2-3-18(21(28)8-13)25(39)36-22(11-38)14-4-15(23(29)30)6-17(27)5-14/h2-10,22-23,26,38H,11H2,1H3,(H2,33,34)(H,36,39). The molecule has 2 heterocycles. The summed E-state index contributed by atoms with van der Waals surface area (Å²) < 4.78 is 81.7. The van der Waals surface area contributed by atoms with E-state index in [0.29, 0.717) is 21.9 Å². The number of carbonyl (C=O) groups is 1. The highest BCUT2D eigenvalue weighted by Crippen LogP contribution is 2.33. The van der Waals surface area contributed by atoms with Crippen molar-refractivity contribution in [1.82, 2.24) is 20.1 Å². The smallest absolute Gasteiger partial charge is 0.333 e. The van der Waals surface area contributed by atoms with Crippen LogP contribution in [-0.4, -0.2) is 32.4 Å². The third kappa shape index (κ3) is 5.72. The second-order valence-corrected chi connectivity index (χ2v) is 8.54. The zero-order valence-electron chi connectivity index (χ0n) is 20.2. The Labute approximate surface area is 217 Å². The average molecular weight is 549 g/mol. The first-order valence-corrected chi connectivity index (χ1v) is 11.4. The summed E-state index contributed by atoms with van der Waals surface area (Å²) in [5.74, 6) is -2.96. The molecular formula is C26H21F6N5O2. The van der Waals surface area contributed by atoms with E-state index in [9.17, 15) is 31.9 Å². The first-order valence-electron chi connectivity index (χ1n) is 11.4. The maximum absolute atomic E-state index is 15.0. The zero-order chi connectivity index (χ0) is 28.4. The number of benzene rings is 2. The van der Waals surface area contributed by atoms with Gasteiger partial charge >= 0.3 is 6.55 Å². The molecule has 0 radical (unpaired) electrons. The SMILES string of the molecule is Cc1c(-c2cnc(N)c(-c3ccc(C(=O)NC(CO)c4cc(F)cc(C(F)F)c4)c(F)c3)c2)cnn1C(F)F. The number of carbonyl (C=O) groups excluding carboxylic acids is 1. The Morgan fingerprint density at radius 3 is 2.33 bits per heavy atom. The maximum atomic E-state index is 15.0. The summed E-state index contributed by atoms with van der Waals surface area (Å²) in [6.07, 6.45) is -0.380. The van der Waals surface area contributed by atoms with Crippen molar-refractivity contribution in [2.24, 2.45) is 0 Å². The molecule has 13 heteroatoms. The van der Waals surface area contributed by atoms with Gasteiger partial charge in [-0.2, -0.15) is 13.9 Å². The van der Waals surface area contributed by atoms with E-state index in [1.807, 2.05) is 0 Å². The van der Waals surface area contributed by atoms with Crippen LogP contribution < -0.4 is 11.1 Å². The molecular weight excluding hydrogens is 528 g/mol. The molecule has 0 fully saturated rings. The van der Waals surface area contributed by atoms with E-state index in [1.165, 1.54) is 31.5 Å². The van der Waals surface area contributed by atoms with E-state index in [2.05, 4.69) is 15.4 Å². The van der Waals surface area contributed by atoms with E-state index in [1.54, 1.807) is 0 Å². The minimum atomic E-state index is -2.98. The van der Waals surface area contributed by atoms with Crippen molar-refractivity contribution in [3.8, 4) is 22.3 Å². The molecule has 0 aliphatic heterocycles.